The second-order valence-corrected chi connectivity index (χ2v) is 11.9. The molecule has 258 valence electrons. The smallest absolute Gasteiger partial charge is 0.306 e. The van der Waals surface area contributed by atoms with Crippen LogP contribution in [0.2, 0.25) is 0 Å². The number of unbranched alkanes of at least 4 members (excludes halogenated alkanes) is 14. The van der Waals surface area contributed by atoms with Crippen molar-refractivity contribution in [1.82, 2.24) is 0 Å². The van der Waals surface area contributed by atoms with Gasteiger partial charge in [0.15, 0.2) is 6.10 Å². The molecule has 0 aliphatic carbocycles. The van der Waals surface area contributed by atoms with Gasteiger partial charge in [0.05, 0.1) is 6.61 Å². The van der Waals surface area contributed by atoms with E-state index in [1.807, 2.05) is 0 Å². The van der Waals surface area contributed by atoms with Gasteiger partial charge in [-0.2, -0.15) is 0 Å². The van der Waals surface area contributed by atoms with Crippen LogP contribution in [0.25, 0.3) is 0 Å². The molecule has 5 nitrogen and oxygen atoms in total. The molecule has 0 saturated heterocycles. The van der Waals surface area contributed by atoms with Gasteiger partial charge in [-0.15, -0.1) is 0 Å². The molecule has 0 bridgehead atoms. The highest BCUT2D eigenvalue weighted by molar-refractivity contribution is 5.70. The van der Waals surface area contributed by atoms with Gasteiger partial charge in [-0.3, -0.25) is 9.59 Å². The largest absolute Gasteiger partial charge is 0.462 e. The molecule has 0 radical (unpaired) electrons. The molecule has 45 heavy (non-hydrogen) atoms. The molecule has 1 N–H and O–H groups in total. The molecule has 0 aromatic carbocycles. The zero-order valence-electron chi connectivity index (χ0n) is 29.1. The summed E-state index contributed by atoms with van der Waals surface area (Å²) in [5.41, 5.74) is 0. The highest BCUT2D eigenvalue weighted by Gasteiger charge is 2.16. The van der Waals surface area contributed by atoms with Crippen molar-refractivity contribution in [3.05, 3.63) is 60.8 Å². The van der Waals surface area contributed by atoms with Crippen molar-refractivity contribution >= 4 is 11.9 Å². The number of hydrogen-bond acceptors (Lipinski definition) is 5. The van der Waals surface area contributed by atoms with Crippen LogP contribution < -0.4 is 0 Å². The summed E-state index contributed by atoms with van der Waals surface area (Å²) in [6.07, 6.45) is 45.5. The molecule has 0 aromatic heterocycles. The van der Waals surface area contributed by atoms with Gasteiger partial charge in [0.2, 0.25) is 0 Å². The zero-order chi connectivity index (χ0) is 32.9. The quantitative estimate of drug-likeness (QED) is 0.0456. The average molecular weight is 629 g/mol. The van der Waals surface area contributed by atoms with E-state index in [9.17, 15) is 14.7 Å². The first-order chi connectivity index (χ1) is 22.1. The van der Waals surface area contributed by atoms with E-state index in [0.717, 1.165) is 77.0 Å². The van der Waals surface area contributed by atoms with Gasteiger partial charge in [0, 0.05) is 12.8 Å². The molecule has 0 heterocycles. The van der Waals surface area contributed by atoms with Crippen molar-refractivity contribution in [2.75, 3.05) is 13.2 Å². The number of carbonyl (C=O) groups excluding carboxylic acids is 2. The fourth-order valence-electron chi connectivity index (χ4n) is 4.69. The third kappa shape index (κ3) is 34.3. The van der Waals surface area contributed by atoms with Gasteiger partial charge < -0.3 is 14.6 Å². The predicted molar refractivity (Wildman–Crippen MR) is 191 cm³/mol. The summed E-state index contributed by atoms with van der Waals surface area (Å²) < 4.78 is 10.6. The van der Waals surface area contributed by atoms with Crippen LogP contribution >= 0.6 is 0 Å². The topological polar surface area (TPSA) is 72.8 Å². The van der Waals surface area contributed by atoms with E-state index >= 15 is 0 Å². The molecular formula is C40H68O5. The summed E-state index contributed by atoms with van der Waals surface area (Å²) in [5.74, 6) is -0.638. The molecule has 1 atom stereocenters. The van der Waals surface area contributed by atoms with E-state index in [1.54, 1.807) is 0 Å². The molecule has 0 aromatic rings. The maximum atomic E-state index is 12.1. The van der Waals surface area contributed by atoms with Crippen molar-refractivity contribution < 1.29 is 24.2 Å². The van der Waals surface area contributed by atoms with Gasteiger partial charge in [0.1, 0.15) is 6.61 Å². The third-order valence-electron chi connectivity index (χ3n) is 7.53. The SMILES string of the molecule is CCCC/C=C\C/C=C\CCCCCCCC(=O)OC[C@H](CO)OC(=O)CCCCCC/C=C\C/C=C\C/C=C\CCCCC. The molecule has 0 rings (SSSR count). The van der Waals surface area contributed by atoms with Gasteiger partial charge in [-0.05, 0) is 77.0 Å². The van der Waals surface area contributed by atoms with E-state index in [4.69, 9.17) is 9.47 Å². The van der Waals surface area contributed by atoms with E-state index < -0.39 is 6.10 Å². The highest BCUT2D eigenvalue weighted by Crippen LogP contribution is 2.11. The molecule has 0 spiro atoms. The number of aliphatic hydroxyl groups excluding tert-OH is 1. The number of esters is 2. The lowest BCUT2D eigenvalue weighted by atomic mass is 10.1. The summed E-state index contributed by atoms with van der Waals surface area (Å²) in [6, 6.07) is 0. The highest BCUT2D eigenvalue weighted by atomic mass is 16.6. The minimum absolute atomic E-state index is 0.0848. The minimum Gasteiger partial charge on any atom is -0.462 e. The standard InChI is InChI=1S/C40H68O5/c1-3-5-7-9-11-13-15-17-19-20-21-23-25-27-29-31-33-35-40(43)45-38(36-41)37-44-39(42)34-32-30-28-26-24-22-18-16-14-12-10-8-6-4-2/h10-13,16-19,21,23,38,41H,3-9,14-15,20,22,24-37H2,1-2H3/b12-10-,13-11-,18-16-,19-17-,23-21-/t38-/m0/s1. The lowest BCUT2D eigenvalue weighted by Crippen LogP contribution is -2.28. The number of hydrogen-bond donors (Lipinski definition) is 1. The fraction of sp³-hybridized carbons (Fsp3) is 0.700. The number of allylic oxidation sites excluding steroid dienone is 10. The Bertz CT molecular complexity index is 808. The Labute approximate surface area is 277 Å². The van der Waals surface area contributed by atoms with Crippen LogP contribution in [-0.2, 0) is 19.1 Å². The maximum Gasteiger partial charge on any atom is 0.306 e. The molecule has 0 saturated carbocycles. The van der Waals surface area contributed by atoms with E-state index in [0.29, 0.717) is 12.8 Å². The van der Waals surface area contributed by atoms with Gasteiger partial charge >= 0.3 is 11.9 Å². The average Bonchev–Trinajstić information content (AvgIpc) is 3.04. The predicted octanol–water partition coefficient (Wildman–Crippen LogP) is 11.2. The number of aliphatic hydroxyl groups is 1. The molecule has 0 amide bonds. The zero-order valence-corrected chi connectivity index (χ0v) is 29.1. The van der Waals surface area contributed by atoms with Crippen molar-refractivity contribution in [1.29, 1.82) is 0 Å². The Morgan fingerprint density at radius 2 is 0.911 bits per heavy atom. The lowest BCUT2D eigenvalue weighted by molar-refractivity contribution is -0.161. The van der Waals surface area contributed by atoms with Gasteiger partial charge in [-0.1, -0.05) is 132 Å². The van der Waals surface area contributed by atoms with Crippen LogP contribution in [0.3, 0.4) is 0 Å². The first-order valence-electron chi connectivity index (χ1n) is 18.3. The van der Waals surface area contributed by atoms with Gasteiger partial charge in [0.25, 0.3) is 0 Å². The Morgan fingerprint density at radius 1 is 0.511 bits per heavy atom. The van der Waals surface area contributed by atoms with Crippen LogP contribution in [-0.4, -0.2) is 36.4 Å². The van der Waals surface area contributed by atoms with Crippen LogP contribution in [0.4, 0.5) is 0 Å². The monoisotopic (exact) mass is 629 g/mol. The van der Waals surface area contributed by atoms with Crippen LogP contribution in [0.5, 0.6) is 0 Å². The second-order valence-electron chi connectivity index (χ2n) is 11.9. The number of carbonyl (C=O) groups is 2. The summed E-state index contributed by atoms with van der Waals surface area (Å²) in [4.78, 5) is 24.2. The first kappa shape index (κ1) is 42.6. The van der Waals surface area contributed by atoms with Crippen LogP contribution in [0.1, 0.15) is 162 Å². The van der Waals surface area contributed by atoms with Crippen LogP contribution in [0, 0.1) is 0 Å². The second kappa shape index (κ2) is 36.1. The van der Waals surface area contributed by atoms with Crippen molar-refractivity contribution in [3.8, 4) is 0 Å². The molecule has 0 unspecified atom stereocenters. The Kier molecular flexibility index (Phi) is 34.1. The molecule has 5 heteroatoms. The third-order valence-corrected chi connectivity index (χ3v) is 7.53. The first-order valence-corrected chi connectivity index (χ1v) is 18.3. The summed E-state index contributed by atoms with van der Waals surface area (Å²) in [5, 5.41) is 9.53. The molecular weight excluding hydrogens is 560 g/mol. The lowest BCUT2D eigenvalue weighted by Gasteiger charge is -2.15. The summed E-state index contributed by atoms with van der Waals surface area (Å²) in [6.45, 7) is 4.02. The Balaban J connectivity index is 3.67. The van der Waals surface area contributed by atoms with E-state index in [1.165, 1.54) is 57.8 Å². The van der Waals surface area contributed by atoms with E-state index in [2.05, 4.69) is 74.6 Å². The Hall–Kier alpha value is -2.40. The van der Waals surface area contributed by atoms with Crippen LogP contribution in [0.15, 0.2) is 60.8 Å². The fourth-order valence-corrected chi connectivity index (χ4v) is 4.69. The number of ether oxygens (including phenoxy) is 2. The van der Waals surface area contributed by atoms with Crippen molar-refractivity contribution in [2.45, 2.75) is 168 Å². The molecule has 0 aliphatic rings. The van der Waals surface area contributed by atoms with Crippen molar-refractivity contribution in [3.63, 3.8) is 0 Å². The summed E-state index contributed by atoms with van der Waals surface area (Å²) in [7, 11) is 0. The van der Waals surface area contributed by atoms with Crippen molar-refractivity contribution in [2.24, 2.45) is 0 Å². The number of rotatable bonds is 32. The normalized spacial score (nSPS) is 12.9. The Morgan fingerprint density at radius 3 is 1.40 bits per heavy atom. The maximum absolute atomic E-state index is 12.1. The van der Waals surface area contributed by atoms with E-state index in [-0.39, 0.29) is 25.2 Å². The van der Waals surface area contributed by atoms with Gasteiger partial charge in [-0.25, -0.2) is 0 Å². The molecule has 0 aliphatic heterocycles. The minimum atomic E-state index is -0.790. The summed E-state index contributed by atoms with van der Waals surface area (Å²) >= 11 is 0. The molecule has 0 fully saturated rings.